The molecule has 0 spiro atoms. The van der Waals surface area contributed by atoms with Gasteiger partial charge in [0.2, 0.25) is 0 Å². The van der Waals surface area contributed by atoms with E-state index in [1.165, 1.54) is 0 Å². The molecule has 4 nitrogen and oxygen atoms in total. The van der Waals surface area contributed by atoms with E-state index in [9.17, 15) is 0 Å². The number of anilines is 1. The molecule has 1 aromatic heterocycles. The Morgan fingerprint density at radius 1 is 1.31 bits per heavy atom. The summed E-state index contributed by atoms with van der Waals surface area (Å²) in [5.74, 6) is 0.913. The molecule has 1 rings (SSSR count). The normalized spacial score (nSPS) is 10.8. The first kappa shape index (κ1) is 12.9. The van der Waals surface area contributed by atoms with Crippen molar-refractivity contribution in [3.8, 4) is 0 Å². The molecule has 16 heavy (non-hydrogen) atoms. The van der Waals surface area contributed by atoms with Crippen LogP contribution in [0.1, 0.15) is 5.69 Å². The van der Waals surface area contributed by atoms with Crippen LogP contribution in [-0.4, -0.2) is 50.3 Å². The van der Waals surface area contributed by atoms with Gasteiger partial charge in [0.15, 0.2) is 0 Å². The van der Waals surface area contributed by atoms with E-state index in [1.54, 1.807) is 0 Å². The molecule has 0 amide bonds. The summed E-state index contributed by atoms with van der Waals surface area (Å²) in [6.07, 6.45) is 0. The maximum Gasteiger partial charge on any atom is 0.126 e. The fraction of sp³-hybridized carbons (Fsp3) is 0.583. The zero-order valence-corrected chi connectivity index (χ0v) is 10.4. The Morgan fingerprint density at radius 3 is 2.81 bits per heavy atom. The predicted octanol–water partition coefficient (Wildman–Crippen LogP) is 1.38. The lowest BCUT2D eigenvalue weighted by atomic mass is 10.4. The molecule has 0 saturated carbocycles. The van der Waals surface area contributed by atoms with Gasteiger partial charge in [0, 0.05) is 18.8 Å². The van der Waals surface area contributed by atoms with Crippen molar-refractivity contribution in [2.45, 2.75) is 6.92 Å². The smallest absolute Gasteiger partial charge is 0.126 e. The number of aromatic nitrogens is 1. The van der Waals surface area contributed by atoms with E-state index in [2.05, 4.69) is 15.2 Å². The number of likely N-dealkylation sites (N-methyl/N-ethyl adjacent to an activating group) is 1. The lowest BCUT2D eigenvalue weighted by Gasteiger charge is -2.10. The van der Waals surface area contributed by atoms with Crippen molar-refractivity contribution in [2.75, 3.05) is 45.7 Å². The number of aryl methyl sites for hydroxylation is 1. The number of hydrogen-bond donors (Lipinski definition) is 1. The molecule has 0 unspecified atom stereocenters. The lowest BCUT2D eigenvalue weighted by molar-refractivity contribution is 0.126. The molecule has 0 fully saturated rings. The number of nitrogens with zero attached hydrogens (tertiary/aromatic N) is 2. The molecule has 0 aromatic carbocycles. The van der Waals surface area contributed by atoms with Gasteiger partial charge in [0.25, 0.3) is 0 Å². The second-order valence-electron chi connectivity index (χ2n) is 4.01. The summed E-state index contributed by atoms with van der Waals surface area (Å²) in [6.45, 7) is 5.23. The van der Waals surface area contributed by atoms with Gasteiger partial charge in [-0.3, -0.25) is 0 Å². The van der Waals surface area contributed by atoms with Crippen molar-refractivity contribution < 1.29 is 4.74 Å². The van der Waals surface area contributed by atoms with Crippen molar-refractivity contribution in [2.24, 2.45) is 0 Å². The van der Waals surface area contributed by atoms with Crippen molar-refractivity contribution >= 4 is 5.82 Å². The topological polar surface area (TPSA) is 37.4 Å². The Balaban J connectivity index is 2.07. The van der Waals surface area contributed by atoms with E-state index in [4.69, 9.17) is 4.74 Å². The van der Waals surface area contributed by atoms with Crippen LogP contribution < -0.4 is 5.32 Å². The number of nitrogens with one attached hydrogen (secondary N) is 1. The summed E-state index contributed by atoms with van der Waals surface area (Å²) in [5.41, 5.74) is 1.03. The molecule has 0 aliphatic heterocycles. The highest BCUT2D eigenvalue weighted by Gasteiger charge is 1.94. The molecule has 1 N–H and O–H groups in total. The highest BCUT2D eigenvalue weighted by Crippen LogP contribution is 2.02. The Bertz CT molecular complexity index is 302. The summed E-state index contributed by atoms with van der Waals surface area (Å²) in [7, 11) is 4.08. The molecule has 0 atom stereocenters. The van der Waals surface area contributed by atoms with E-state index in [1.807, 2.05) is 39.2 Å². The van der Waals surface area contributed by atoms with E-state index in [0.29, 0.717) is 6.61 Å². The van der Waals surface area contributed by atoms with Gasteiger partial charge in [-0.1, -0.05) is 6.07 Å². The molecule has 0 aliphatic carbocycles. The first-order valence-electron chi connectivity index (χ1n) is 5.58. The molecule has 0 saturated heterocycles. The Labute approximate surface area is 97.6 Å². The second kappa shape index (κ2) is 7.19. The third-order valence-electron chi connectivity index (χ3n) is 2.12. The standard InChI is InChI=1S/C12H21N3O/c1-11-5-4-6-12(14-11)13-7-9-16-10-8-15(2)3/h4-6H,7-10H2,1-3H3,(H,13,14). The first-order chi connectivity index (χ1) is 7.68. The fourth-order valence-electron chi connectivity index (χ4n) is 1.24. The highest BCUT2D eigenvalue weighted by molar-refractivity contribution is 5.34. The van der Waals surface area contributed by atoms with Crippen LogP contribution in [0.2, 0.25) is 0 Å². The number of pyridine rings is 1. The van der Waals surface area contributed by atoms with Crippen LogP contribution in [0, 0.1) is 6.92 Å². The van der Waals surface area contributed by atoms with Gasteiger partial charge >= 0.3 is 0 Å². The Hall–Kier alpha value is -1.13. The lowest BCUT2D eigenvalue weighted by Crippen LogP contribution is -2.20. The largest absolute Gasteiger partial charge is 0.378 e. The van der Waals surface area contributed by atoms with E-state index in [-0.39, 0.29) is 0 Å². The summed E-state index contributed by atoms with van der Waals surface area (Å²) in [5, 5.41) is 3.22. The summed E-state index contributed by atoms with van der Waals surface area (Å²) in [4.78, 5) is 6.45. The average Bonchev–Trinajstić information content (AvgIpc) is 2.23. The number of ether oxygens (including phenoxy) is 1. The Morgan fingerprint density at radius 2 is 2.12 bits per heavy atom. The van der Waals surface area contributed by atoms with E-state index >= 15 is 0 Å². The fourth-order valence-corrected chi connectivity index (χ4v) is 1.24. The number of hydrogen-bond acceptors (Lipinski definition) is 4. The quantitative estimate of drug-likeness (QED) is 0.709. The van der Waals surface area contributed by atoms with Gasteiger partial charge in [0.05, 0.1) is 13.2 Å². The van der Waals surface area contributed by atoms with Crippen molar-refractivity contribution in [3.05, 3.63) is 23.9 Å². The minimum atomic E-state index is 0.712. The molecule has 1 aromatic rings. The van der Waals surface area contributed by atoms with Crippen molar-refractivity contribution in [1.82, 2.24) is 9.88 Å². The zero-order valence-electron chi connectivity index (χ0n) is 10.4. The van der Waals surface area contributed by atoms with Crippen LogP contribution in [0.4, 0.5) is 5.82 Å². The molecule has 4 heteroatoms. The minimum Gasteiger partial charge on any atom is -0.378 e. The van der Waals surface area contributed by atoms with Crippen LogP contribution in [0.5, 0.6) is 0 Å². The molecule has 0 bridgehead atoms. The molecule has 0 radical (unpaired) electrons. The van der Waals surface area contributed by atoms with Crippen LogP contribution in [0.25, 0.3) is 0 Å². The second-order valence-corrected chi connectivity index (χ2v) is 4.01. The van der Waals surface area contributed by atoms with Gasteiger partial charge in [-0.05, 0) is 33.2 Å². The van der Waals surface area contributed by atoms with Crippen LogP contribution in [-0.2, 0) is 4.74 Å². The molecular formula is C12H21N3O. The van der Waals surface area contributed by atoms with Crippen LogP contribution in [0.15, 0.2) is 18.2 Å². The molecule has 0 aliphatic rings. The van der Waals surface area contributed by atoms with Gasteiger partial charge in [-0.2, -0.15) is 0 Å². The molecule has 90 valence electrons. The summed E-state index contributed by atoms with van der Waals surface area (Å²) < 4.78 is 5.46. The SMILES string of the molecule is Cc1cccc(NCCOCCN(C)C)n1. The van der Waals surface area contributed by atoms with Gasteiger partial charge in [0.1, 0.15) is 5.82 Å². The first-order valence-corrected chi connectivity index (χ1v) is 5.58. The maximum absolute atomic E-state index is 5.46. The van der Waals surface area contributed by atoms with Crippen LogP contribution >= 0.6 is 0 Å². The zero-order chi connectivity index (χ0) is 11.8. The Kier molecular flexibility index (Phi) is 5.82. The van der Waals surface area contributed by atoms with E-state index < -0.39 is 0 Å². The molecular weight excluding hydrogens is 202 g/mol. The van der Waals surface area contributed by atoms with Crippen molar-refractivity contribution in [3.63, 3.8) is 0 Å². The van der Waals surface area contributed by atoms with Crippen molar-refractivity contribution in [1.29, 1.82) is 0 Å². The maximum atomic E-state index is 5.46. The van der Waals surface area contributed by atoms with Gasteiger partial charge in [-0.15, -0.1) is 0 Å². The third kappa shape index (κ3) is 5.68. The monoisotopic (exact) mass is 223 g/mol. The van der Waals surface area contributed by atoms with Gasteiger partial charge in [-0.25, -0.2) is 4.98 Å². The molecule has 1 heterocycles. The average molecular weight is 223 g/mol. The summed E-state index contributed by atoms with van der Waals surface area (Å²) >= 11 is 0. The minimum absolute atomic E-state index is 0.712. The number of rotatable bonds is 7. The third-order valence-corrected chi connectivity index (χ3v) is 2.12. The summed E-state index contributed by atoms with van der Waals surface area (Å²) in [6, 6.07) is 5.95. The van der Waals surface area contributed by atoms with E-state index in [0.717, 1.165) is 31.2 Å². The predicted molar refractivity (Wildman–Crippen MR) is 66.8 cm³/mol. The highest BCUT2D eigenvalue weighted by atomic mass is 16.5. The van der Waals surface area contributed by atoms with Crippen LogP contribution in [0.3, 0.4) is 0 Å². The van der Waals surface area contributed by atoms with Gasteiger partial charge < -0.3 is 15.0 Å².